The monoisotopic (exact) mass is 193 g/mol. The Balaban J connectivity index is 2.79. The van der Waals surface area contributed by atoms with Crippen molar-refractivity contribution in [2.75, 3.05) is 5.32 Å². The molecule has 78 valence electrons. The molecule has 1 aromatic rings. The summed E-state index contributed by atoms with van der Waals surface area (Å²) in [6.45, 7) is 7.59. The van der Waals surface area contributed by atoms with Crippen LogP contribution in [-0.2, 0) is 0 Å². The number of hydrogen-bond donors (Lipinski definition) is 2. The molecule has 0 amide bonds. The van der Waals surface area contributed by atoms with E-state index in [0.717, 1.165) is 5.69 Å². The average molecular weight is 193 g/mol. The second kappa shape index (κ2) is 3.62. The highest BCUT2D eigenvalue weighted by Crippen LogP contribution is 2.25. The van der Waals surface area contributed by atoms with Crippen molar-refractivity contribution in [1.82, 2.24) is 0 Å². The molecule has 0 aliphatic rings. The fraction of sp³-hybridized carbons (Fsp3) is 0.500. The summed E-state index contributed by atoms with van der Waals surface area (Å²) in [6.07, 6.45) is 0. The van der Waals surface area contributed by atoms with Gasteiger partial charge in [0.25, 0.3) is 0 Å². The smallest absolute Gasteiger partial charge is 0.0814 e. The molecule has 2 N–H and O–H groups in total. The minimum absolute atomic E-state index is 0.353. The molecular weight excluding hydrogens is 174 g/mol. The zero-order chi connectivity index (χ0) is 10.8. The Bertz CT molecular complexity index is 285. The van der Waals surface area contributed by atoms with E-state index in [4.69, 9.17) is 0 Å². The Labute approximate surface area is 86.0 Å². The predicted octanol–water partition coefficient (Wildman–Crippen LogP) is 2.65. The van der Waals surface area contributed by atoms with E-state index in [1.807, 2.05) is 58.0 Å². The predicted molar refractivity (Wildman–Crippen MR) is 60.4 cm³/mol. The van der Waals surface area contributed by atoms with Crippen molar-refractivity contribution in [3.63, 3.8) is 0 Å². The number of nitrogens with one attached hydrogen (secondary N) is 1. The van der Waals surface area contributed by atoms with E-state index in [0.29, 0.717) is 0 Å². The van der Waals surface area contributed by atoms with Gasteiger partial charge in [0.1, 0.15) is 0 Å². The van der Waals surface area contributed by atoms with E-state index < -0.39 is 5.60 Å². The first-order valence-electron chi connectivity index (χ1n) is 4.88. The van der Waals surface area contributed by atoms with Crippen LogP contribution in [0.3, 0.4) is 0 Å². The van der Waals surface area contributed by atoms with Gasteiger partial charge in [0.05, 0.1) is 11.1 Å². The Morgan fingerprint density at radius 1 is 1.00 bits per heavy atom. The van der Waals surface area contributed by atoms with Gasteiger partial charge in [0.2, 0.25) is 0 Å². The molecule has 2 nitrogen and oxygen atoms in total. The molecule has 0 saturated carbocycles. The van der Waals surface area contributed by atoms with Crippen LogP contribution in [-0.4, -0.2) is 16.2 Å². The van der Waals surface area contributed by atoms with Crippen LogP contribution in [0.5, 0.6) is 0 Å². The maximum absolute atomic E-state index is 9.94. The van der Waals surface area contributed by atoms with E-state index in [-0.39, 0.29) is 5.54 Å². The van der Waals surface area contributed by atoms with Crippen LogP contribution < -0.4 is 5.32 Å². The van der Waals surface area contributed by atoms with Gasteiger partial charge >= 0.3 is 0 Å². The number of benzene rings is 1. The minimum Gasteiger partial charge on any atom is -0.388 e. The summed E-state index contributed by atoms with van der Waals surface area (Å²) in [4.78, 5) is 0. The lowest BCUT2D eigenvalue weighted by molar-refractivity contribution is 0.0240. The minimum atomic E-state index is -0.761. The topological polar surface area (TPSA) is 32.3 Å². The number of rotatable bonds is 3. The Morgan fingerprint density at radius 2 is 1.50 bits per heavy atom. The lowest BCUT2D eigenvalue weighted by Gasteiger charge is -2.38. The molecule has 2 heteroatoms. The van der Waals surface area contributed by atoms with Crippen molar-refractivity contribution in [2.45, 2.75) is 38.8 Å². The van der Waals surface area contributed by atoms with Crippen molar-refractivity contribution in [1.29, 1.82) is 0 Å². The van der Waals surface area contributed by atoms with Gasteiger partial charge in [-0.15, -0.1) is 0 Å². The third kappa shape index (κ3) is 2.48. The zero-order valence-corrected chi connectivity index (χ0v) is 9.33. The van der Waals surface area contributed by atoms with Crippen molar-refractivity contribution < 1.29 is 5.11 Å². The standard InChI is InChI=1S/C12H19NO/c1-11(2,12(3,4)14)13-10-8-6-5-7-9-10/h5-9,13-14H,1-4H3. The molecule has 0 fully saturated rings. The van der Waals surface area contributed by atoms with Gasteiger partial charge in [0, 0.05) is 5.69 Å². The van der Waals surface area contributed by atoms with Crippen LogP contribution >= 0.6 is 0 Å². The maximum atomic E-state index is 9.94. The van der Waals surface area contributed by atoms with Crippen molar-refractivity contribution in [3.05, 3.63) is 30.3 Å². The van der Waals surface area contributed by atoms with Crippen LogP contribution in [0, 0.1) is 0 Å². The molecule has 0 aliphatic carbocycles. The number of para-hydroxylation sites is 1. The molecule has 0 atom stereocenters. The molecule has 1 rings (SSSR count). The molecule has 0 saturated heterocycles. The van der Waals surface area contributed by atoms with E-state index in [1.54, 1.807) is 0 Å². The molecule has 1 aromatic carbocycles. The molecule has 0 unspecified atom stereocenters. The highest BCUT2D eigenvalue weighted by atomic mass is 16.3. The van der Waals surface area contributed by atoms with Crippen LogP contribution in [0.1, 0.15) is 27.7 Å². The van der Waals surface area contributed by atoms with Gasteiger partial charge in [-0.2, -0.15) is 0 Å². The number of hydrogen-bond acceptors (Lipinski definition) is 2. The Kier molecular flexibility index (Phi) is 2.86. The lowest BCUT2D eigenvalue weighted by atomic mass is 9.86. The van der Waals surface area contributed by atoms with Crippen LogP contribution in [0.2, 0.25) is 0 Å². The number of anilines is 1. The third-order valence-corrected chi connectivity index (χ3v) is 2.76. The van der Waals surface area contributed by atoms with E-state index >= 15 is 0 Å². The normalized spacial score (nSPS) is 12.6. The summed E-state index contributed by atoms with van der Waals surface area (Å²) in [6, 6.07) is 9.91. The Hall–Kier alpha value is -1.02. The fourth-order valence-electron chi connectivity index (χ4n) is 1.04. The fourth-order valence-corrected chi connectivity index (χ4v) is 1.04. The average Bonchev–Trinajstić information content (AvgIpc) is 2.03. The van der Waals surface area contributed by atoms with Crippen LogP contribution in [0.15, 0.2) is 30.3 Å². The summed E-state index contributed by atoms with van der Waals surface area (Å²) < 4.78 is 0. The van der Waals surface area contributed by atoms with Gasteiger partial charge in [-0.3, -0.25) is 0 Å². The maximum Gasteiger partial charge on any atom is 0.0814 e. The van der Waals surface area contributed by atoms with Crippen molar-refractivity contribution in [3.8, 4) is 0 Å². The zero-order valence-electron chi connectivity index (χ0n) is 9.33. The van der Waals surface area contributed by atoms with Gasteiger partial charge in [0.15, 0.2) is 0 Å². The second-order valence-corrected chi connectivity index (χ2v) is 4.68. The molecule has 0 spiro atoms. The van der Waals surface area contributed by atoms with Gasteiger partial charge in [-0.25, -0.2) is 0 Å². The van der Waals surface area contributed by atoms with Crippen molar-refractivity contribution >= 4 is 5.69 Å². The molecular formula is C12H19NO. The summed E-state index contributed by atoms with van der Waals surface area (Å²) in [7, 11) is 0. The first-order valence-corrected chi connectivity index (χ1v) is 4.88. The summed E-state index contributed by atoms with van der Waals surface area (Å²) in [5.41, 5.74) is -0.0865. The van der Waals surface area contributed by atoms with E-state index in [2.05, 4.69) is 5.32 Å². The second-order valence-electron chi connectivity index (χ2n) is 4.68. The van der Waals surface area contributed by atoms with E-state index in [1.165, 1.54) is 0 Å². The first-order chi connectivity index (χ1) is 6.33. The third-order valence-electron chi connectivity index (χ3n) is 2.76. The largest absolute Gasteiger partial charge is 0.388 e. The SMILES string of the molecule is CC(C)(O)C(C)(C)Nc1ccccc1. The summed E-state index contributed by atoms with van der Waals surface area (Å²) in [5.74, 6) is 0. The molecule has 0 aromatic heterocycles. The molecule has 0 aliphatic heterocycles. The van der Waals surface area contributed by atoms with Crippen LogP contribution in [0.25, 0.3) is 0 Å². The highest BCUT2D eigenvalue weighted by molar-refractivity contribution is 5.45. The summed E-state index contributed by atoms with van der Waals surface area (Å²) >= 11 is 0. The quantitative estimate of drug-likeness (QED) is 0.773. The van der Waals surface area contributed by atoms with Crippen LogP contribution in [0.4, 0.5) is 5.69 Å². The van der Waals surface area contributed by atoms with Crippen molar-refractivity contribution in [2.24, 2.45) is 0 Å². The molecule has 0 radical (unpaired) electrons. The molecule has 0 heterocycles. The van der Waals surface area contributed by atoms with Gasteiger partial charge in [-0.05, 0) is 39.8 Å². The highest BCUT2D eigenvalue weighted by Gasteiger charge is 2.34. The number of aliphatic hydroxyl groups is 1. The lowest BCUT2D eigenvalue weighted by Crippen LogP contribution is -2.51. The van der Waals surface area contributed by atoms with Gasteiger partial charge < -0.3 is 10.4 Å². The molecule has 14 heavy (non-hydrogen) atoms. The van der Waals surface area contributed by atoms with E-state index in [9.17, 15) is 5.11 Å². The summed E-state index contributed by atoms with van der Waals surface area (Å²) in [5, 5.41) is 13.3. The van der Waals surface area contributed by atoms with Gasteiger partial charge in [-0.1, -0.05) is 18.2 Å². The Morgan fingerprint density at radius 3 is 1.93 bits per heavy atom. The first kappa shape index (κ1) is 11.1. The molecule has 0 bridgehead atoms.